The van der Waals surface area contributed by atoms with Crippen LogP contribution in [0.4, 0.5) is 14.5 Å². The summed E-state index contributed by atoms with van der Waals surface area (Å²) in [5.74, 6) is -0.142. The molecule has 0 aromatic heterocycles. The first-order valence-electron chi connectivity index (χ1n) is 10.6. The Hall–Kier alpha value is -2.97. The number of morpholine rings is 1. The molecule has 0 unspecified atom stereocenters. The summed E-state index contributed by atoms with van der Waals surface area (Å²) in [4.78, 5) is 14.6. The summed E-state index contributed by atoms with van der Waals surface area (Å²) in [5, 5.41) is 2.81. The van der Waals surface area contributed by atoms with Crippen LogP contribution in [0.5, 0.6) is 11.5 Å². The van der Waals surface area contributed by atoms with E-state index in [1.807, 2.05) is 24.3 Å². The lowest BCUT2D eigenvalue weighted by molar-refractivity contribution is -0.111. The Morgan fingerprint density at radius 2 is 1.91 bits per heavy atom. The molecule has 1 heterocycles. The van der Waals surface area contributed by atoms with E-state index >= 15 is 0 Å². The molecule has 0 aliphatic carbocycles. The number of benzene rings is 2. The number of carbonyl (C=O) groups is 1. The smallest absolute Gasteiger partial charge is 0.387 e. The van der Waals surface area contributed by atoms with Crippen molar-refractivity contribution in [3.63, 3.8) is 0 Å². The first kappa shape index (κ1) is 23.7. The van der Waals surface area contributed by atoms with Crippen molar-refractivity contribution in [2.45, 2.75) is 20.0 Å². The second-order valence-electron chi connectivity index (χ2n) is 7.24. The highest BCUT2D eigenvalue weighted by Crippen LogP contribution is 2.30. The molecule has 0 radical (unpaired) electrons. The van der Waals surface area contributed by atoms with E-state index in [0.717, 1.165) is 39.3 Å². The normalized spacial score (nSPS) is 14.6. The van der Waals surface area contributed by atoms with Crippen molar-refractivity contribution in [3.05, 3.63) is 59.7 Å². The van der Waals surface area contributed by atoms with Gasteiger partial charge in [-0.2, -0.15) is 8.78 Å². The van der Waals surface area contributed by atoms with Crippen LogP contribution in [-0.2, 0) is 16.0 Å². The van der Waals surface area contributed by atoms with Gasteiger partial charge in [0, 0.05) is 31.4 Å². The summed E-state index contributed by atoms with van der Waals surface area (Å²) < 4.78 is 40.2. The predicted octanol–water partition coefficient (Wildman–Crippen LogP) is 4.21. The maximum Gasteiger partial charge on any atom is 0.387 e. The topological polar surface area (TPSA) is 60.0 Å². The number of nitrogens with zero attached hydrogens (tertiary/aromatic N) is 1. The average molecular weight is 446 g/mol. The van der Waals surface area contributed by atoms with Crippen LogP contribution < -0.4 is 14.8 Å². The molecule has 1 aliphatic heterocycles. The van der Waals surface area contributed by atoms with Crippen molar-refractivity contribution in [1.29, 1.82) is 0 Å². The third-order valence-corrected chi connectivity index (χ3v) is 4.95. The molecule has 1 aliphatic rings. The fraction of sp³-hybridized carbons (Fsp3) is 0.375. The van der Waals surface area contributed by atoms with Crippen LogP contribution in [0.3, 0.4) is 0 Å². The van der Waals surface area contributed by atoms with Crippen molar-refractivity contribution in [3.8, 4) is 11.5 Å². The van der Waals surface area contributed by atoms with E-state index < -0.39 is 6.61 Å². The Labute approximate surface area is 186 Å². The van der Waals surface area contributed by atoms with Crippen LogP contribution in [0, 0.1) is 0 Å². The van der Waals surface area contributed by atoms with E-state index in [-0.39, 0.29) is 17.4 Å². The maximum atomic E-state index is 12.5. The Morgan fingerprint density at radius 1 is 1.16 bits per heavy atom. The highest BCUT2D eigenvalue weighted by Gasteiger charge is 2.12. The molecule has 172 valence electrons. The van der Waals surface area contributed by atoms with Gasteiger partial charge in [-0.3, -0.25) is 9.69 Å². The van der Waals surface area contributed by atoms with Gasteiger partial charge in [-0.15, -0.1) is 0 Å². The van der Waals surface area contributed by atoms with Crippen molar-refractivity contribution >= 4 is 17.7 Å². The van der Waals surface area contributed by atoms with Gasteiger partial charge in [0.2, 0.25) is 5.91 Å². The minimum absolute atomic E-state index is 0.0443. The molecule has 2 aromatic rings. The minimum Gasteiger partial charge on any atom is -0.490 e. The Kier molecular flexibility index (Phi) is 9.01. The van der Waals surface area contributed by atoms with Crippen LogP contribution >= 0.6 is 0 Å². The molecule has 2 aromatic carbocycles. The number of hydrogen-bond donors (Lipinski definition) is 1. The second kappa shape index (κ2) is 12.2. The van der Waals surface area contributed by atoms with Gasteiger partial charge >= 0.3 is 6.61 Å². The van der Waals surface area contributed by atoms with E-state index in [4.69, 9.17) is 9.47 Å². The summed E-state index contributed by atoms with van der Waals surface area (Å²) >= 11 is 0. The molecule has 1 saturated heterocycles. The lowest BCUT2D eigenvalue weighted by Gasteiger charge is -2.26. The molecule has 1 amide bonds. The van der Waals surface area contributed by atoms with Gasteiger partial charge in [0.05, 0.1) is 19.8 Å². The van der Waals surface area contributed by atoms with Crippen LogP contribution in [0.2, 0.25) is 0 Å². The molecule has 1 fully saturated rings. The molecule has 0 spiro atoms. The Morgan fingerprint density at radius 3 is 2.59 bits per heavy atom. The van der Waals surface area contributed by atoms with Gasteiger partial charge in [0.25, 0.3) is 0 Å². The van der Waals surface area contributed by atoms with Crippen LogP contribution in [0.15, 0.2) is 48.5 Å². The van der Waals surface area contributed by atoms with Crippen LogP contribution in [0.1, 0.15) is 18.1 Å². The van der Waals surface area contributed by atoms with Crippen LogP contribution in [-0.4, -0.2) is 56.9 Å². The second-order valence-corrected chi connectivity index (χ2v) is 7.24. The SMILES string of the molecule is CCOc1cc(/C=C/C(=O)Nc2ccc(CCN3CCOCC3)cc2)ccc1OC(F)F. The zero-order chi connectivity index (χ0) is 22.8. The van der Waals surface area contributed by atoms with Gasteiger partial charge in [-0.25, -0.2) is 0 Å². The summed E-state index contributed by atoms with van der Waals surface area (Å²) in [6, 6.07) is 12.3. The van der Waals surface area contributed by atoms with E-state index in [1.165, 1.54) is 17.7 Å². The van der Waals surface area contributed by atoms with Crippen molar-refractivity contribution < 1.29 is 27.8 Å². The number of hydrogen-bond acceptors (Lipinski definition) is 5. The monoisotopic (exact) mass is 446 g/mol. The third-order valence-electron chi connectivity index (χ3n) is 4.95. The molecule has 1 N–H and O–H groups in total. The molecular weight excluding hydrogens is 418 g/mol. The van der Waals surface area contributed by atoms with E-state index in [1.54, 1.807) is 25.1 Å². The van der Waals surface area contributed by atoms with Gasteiger partial charge in [0.1, 0.15) is 0 Å². The summed E-state index contributed by atoms with van der Waals surface area (Å²) in [7, 11) is 0. The Bertz CT molecular complexity index is 897. The number of rotatable bonds is 10. The molecule has 0 saturated carbocycles. The molecule has 3 rings (SSSR count). The summed E-state index contributed by atoms with van der Waals surface area (Å²) in [6.07, 6.45) is 3.91. The molecule has 0 bridgehead atoms. The number of carbonyl (C=O) groups excluding carboxylic acids is 1. The number of alkyl halides is 2. The average Bonchev–Trinajstić information content (AvgIpc) is 2.79. The molecule has 0 atom stereocenters. The number of anilines is 1. The number of halogens is 2. The lowest BCUT2D eigenvalue weighted by Crippen LogP contribution is -2.37. The van der Waals surface area contributed by atoms with Crippen molar-refractivity contribution in [1.82, 2.24) is 4.90 Å². The quantitative estimate of drug-likeness (QED) is 0.554. The minimum atomic E-state index is -2.94. The highest BCUT2D eigenvalue weighted by atomic mass is 19.3. The largest absolute Gasteiger partial charge is 0.490 e. The lowest BCUT2D eigenvalue weighted by atomic mass is 10.1. The van der Waals surface area contributed by atoms with Crippen molar-refractivity contribution in [2.75, 3.05) is 44.8 Å². The maximum absolute atomic E-state index is 12.5. The summed E-state index contributed by atoms with van der Waals surface area (Å²) in [6.45, 7) is 3.61. The molecule has 32 heavy (non-hydrogen) atoms. The first-order chi connectivity index (χ1) is 15.5. The van der Waals surface area contributed by atoms with E-state index in [0.29, 0.717) is 17.9 Å². The zero-order valence-corrected chi connectivity index (χ0v) is 18.1. The number of ether oxygens (including phenoxy) is 3. The first-order valence-corrected chi connectivity index (χ1v) is 10.6. The number of amides is 1. The summed E-state index contributed by atoms with van der Waals surface area (Å²) in [5.41, 5.74) is 2.54. The zero-order valence-electron chi connectivity index (χ0n) is 18.1. The highest BCUT2D eigenvalue weighted by molar-refractivity contribution is 6.01. The van der Waals surface area contributed by atoms with Gasteiger partial charge < -0.3 is 19.5 Å². The number of nitrogens with one attached hydrogen (secondary N) is 1. The van der Waals surface area contributed by atoms with Gasteiger partial charge in [0.15, 0.2) is 11.5 Å². The molecule has 6 nitrogen and oxygen atoms in total. The van der Waals surface area contributed by atoms with Gasteiger partial charge in [-0.1, -0.05) is 18.2 Å². The fourth-order valence-electron chi connectivity index (χ4n) is 3.31. The predicted molar refractivity (Wildman–Crippen MR) is 119 cm³/mol. The molecular formula is C24H28F2N2O4. The van der Waals surface area contributed by atoms with Gasteiger partial charge in [-0.05, 0) is 54.8 Å². The fourth-order valence-corrected chi connectivity index (χ4v) is 3.31. The van der Waals surface area contributed by atoms with Crippen molar-refractivity contribution in [2.24, 2.45) is 0 Å². The standard InChI is InChI=1S/C24H28F2N2O4/c1-2-31-22-17-19(5-9-21(22)32-24(25)26)6-10-23(29)27-20-7-3-18(4-8-20)11-12-28-13-15-30-16-14-28/h3-10,17,24H,2,11-16H2,1H3,(H,27,29)/b10-6+. The molecule has 8 heteroatoms. The van der Waals surface area contributed by atoms with Crippen LogP contribution in [0.25, 0.3) is 6.08 Å². The van der Waals surface area contributed by atoms with E-state index in [2.05, 4.69) is 15.0 Å². The Balaban J connectivity index is 1.52. The van der Waals surface area contributed by atoms with E-state index in [9.17, 15) is 13.6 Å². The third kappa shape index (κ3) is 7.62.